The standard InChI is InChI=1S/C23H24O2/c1-3-25-22-14-10-19(11-15-22)5-4-18-8-12-21(13-9-18)17(2)23(24)16-20-6-7-20/h8-15,17,20H,3,6-7,16H2,1-2H3. The van der Waals surface area contributed by atoms with Crippen LogP contribution in [0, 0.1) is 17.8 Å². The Morgan fingerprint density at radius 3 is 2.12 bits per heavy atom. The molecule has 2 nitrogen and oxygen atoms in total. The van der Waals surface area contributed by atoms with Crippen LogP contribution < -0.4 is 4.74 Å². The molecule has 2 aromatic carbocycles. The second-order valence-corrected chi connectivity index (χ2v) is 6.66. The maximum absolute atomic E-state index is 12.2. The van der Waals surface area contributed by atoms with Crippen molar-refractivity contribution < 1.29 is 9.53 Å². The smallest absolute Gasteiger partial charge is 0.140 e. The molecular weight excluding hydrogens is 308 g/mol. The molecule has 0 N–H and O–H groups in total. The van der Waals surface area contributed by atoms with Crippen molar-refractivity contribution in [3.63, 3.8) is 0 Å². The van der Waals surface area contributed by atoms with Crippen LogP contribution in [0.5, 0.6) is 5.75 Å². The highest BCUT2D eigenvalue weighted by molar-refractivity contribution is 5.85. The maximum atomic E-state index is 12.2. The van der Waals surface area contributed by atoms with Crippen molar-refractivity contribution in [1.82, 2.24) is 0 Å². The van der Waals surface area contributed by atoms with E-state index in [2.05, 4.69) is 11.8 Å². The predicted octanol–water partition coefficient (Wildman–Crippen LogP) is 4.96. The Morgan fingerprint density at radius 2 is 1.60 bits per heavy atom. The second-order valence-electron chi connectivity index (χ2n) is 6.66. The van der Waals surface area contributed by atoms with Crippen LogP contribution in [0.3, 0.4) is 0 Å². The summed E-state index contributed by atoms with van der Waals surface area (Å²) in [6.45, 7) is 4.64. The lowest BCUT2D eigenvalue weighted by Gasteiger charge is -2.10. The van der Waals surface area contributed by atoms with Gasteiger partial charge in [-0.1, -0.05) is 30.9 Å². The molecule has 0 heterocycles. The van der Waals surface area contributed by atoms with Crippen LogP contribution >= 0.6 is 0 Å². The minimum absolute atomic E-state index is 0.0197. The van der Waals surface area contributed by atoms with Crippen molar-refractivity contribution in [2.75, 3.05) is 6.61 Å². The van der Waals surface area contributed by atoms with E-state index >= 15 is 0 Å². The van der Waals surface area contributed by atoms with Gasteiger partial charge in [0.05, 0.1) is 6.61 Å². The molecule has 1 fully saturated rings. The Hall–Kier alpha value is -2.53. The van der Waals surface area contributed by atoms with E-state index < -0.39 is 0 Å². The van der Waals surface area contributed by atoms with E-state index in [1.165, 1.54) is 12.8 Å². The van der Waals surface area contributed by atoms with Crippen LogP contribution in [-0.2, 0) is 4.79 Å². The van der Waals surface area contributed by atoms with Crippen molar-refractivity contribution in [3.05, 3.63) is 65.2 Å². The van der Waals surface area contributed by atoms with E-state index in [1.807, 2.05) is 62.4 Å². The molecule has 2 aromatic rings. The van der Waals surface area contributed by atoms with Crippen LogP contribution in [0.4, 0.5) is 0 Å². The van der Waals surface area contributed by atoms with Crippen LogP contribution in [0.2, 0.25) is 0 Å². The molecule has 0 spiro atoms. The van der Waals surface area contributed by atoms with Gasteiger partial charge in [-0.2, -0.15) is 0 Å². The van der Waals surface area contributed by atoms with Gasteiger partial charge in [0.2, 0.25) is 0 Å². The minimum Gasteiger partial charge on any atom is -0.494 e. The van der Waals surface area contributed by atoms with Crippen molar-refractivity contribution in [3.8, 4) is 17.6 Å². The molecular formula is C23H24O2. The average Bonchev–Trinajstić information content (AvgIpc) is 3.45. The molecule has 3 rings (SSSR count). The molecule has 128 valence electrons. The van der Waals surface area contributed by atoms with Gasteiger partial charge in [-0.25, -0.2) is 0 Å². The first-order chi connectivity index (χ1) is 12.2. The van der Waals surface area contributed by atoms with Crippen LogP contribution in [-0.4, -0.2) is 12.4 Å². The Kier molecular flexibility index (Phi) is 5.56. The number of benzene rings is 2. The predicted molar refractivity (Wildman–Crippen MR) is 101 cm³/mol. The normalized spacial score (nSPS) is 14.3. The van der Waals surface area contributed by atoms with E-state index in [0.29, 0.717) is 18.3 Å². The number of Topliss-reactive ketones (excluding diaryl/α,β-unsaturated/α-hetero) is 1. The summed E-state index contributed by atoms with van der Waals surface area (Å²) in [6.07, 6.45) is 3.18. The first kappa shape index (κ1) is 17.3. The zero-order chi connectivity index (χ0) is 17.6. The number of carbonyl (C=O) groups excluding carboxylic acids is 1. The van der Waals surface area contributed by atoms with Crippen molar-refractivity contribution in [2.45, 2.75) is 39.0 Å². The highest BCUT2D eigenvalue weighted by Gasteiger charge is 2.27. The number of hydrogen-bond donors (Lipinski definition) is 0. The monoisotopic (exact) mass is 332 g/mol. The van der Waals surface area contributed by atoms with Gasteiger partial charge >= 0.3 is 0 Å². The highest BCUT2D eigenvalue weighted by Crippen LogP contribution is 2.34. The Morgan fingerprint density at radius 1 is 1.04 bits per heavy atom. The number of hydrogen-bond acceptors (Lipinski definition) is 2. The minimum atomic E-state index is -0.0197. The molecule has 2 heteroatoms. The third-order valence-corrected chi connectivity index (χ3v) is 4.60. The molecule has 0 saturated heterocycles. The average molecular weight is 332 g/mol. The van der Waals surface area contributed by atoms with Gasteiger partial charge in [0.1, 0.15) is 11.5 Å². The fourth-order valence-corrected chi connectivity index (χ4v) is 2.77. The molecule has 0 bridgehead atoms. The fraction of sp³-hybridized carbons (Fsp3) is 0.348. The number of ether oxygens (including phenoxy) is 1. The van der Waals surface area contributed by atoms with E-state index in [1.54, 1.807) is 0 Å². The highest BCUT2D eigenvalue weighted by atomic mass is 16.5. The molecule has 1 aliphatic rings. The first-order valence-electron chi connectivity index (χ1n) is 9.03. The molecule has 1 saturated carbocycles. The molecule has 1 aliphatic carbocycles. The van der Waals surface area contributed by atoms with Crippen molar-refractivity contribution in [1.29, 1.82) is 0 Å². The zero-order valence-electron chi connectivity index (χ0n) is 14.9. The quantitative estimate of drug-likeness (QED) is 0.699. The summed E-state index contributed by atoms with van der Waals surface area (Å²) >= 11 is 0. The Bertz CT molecular complexity index is 772. The van der Waals surface area contributed by atoms with E-state index in [4.69, 9.17) is 4.74 Å². The second kappa shape index (κ2) is 8.03. The van der Waals surface area contributed by atoms with Crippen LogP contribution in [0.15, 0.2) is 48.5 Å². The zero-order valence-corrected chi connectivity index (χ0v) is 14.9. The lowest BCUT2D eigenvalue weighted by Crippen LogP contribution is -2.09. The van der Waals surface area contributed by atoms with Crippen LogP contribution in [0.25, 0.3) is 0 Å². The fourth-order valence-electron chi connectivity index (χ4n) is 2.77. The van der Waals surface area contributed by atoms with Gasteiger partial charge < -0.3 is 4.74 Å². The molecule has 0 amide bonds. The van der Waals surface area contributed by atoms with Crippen LogP contribution in [0.1, 0.15) is 55.7 Å². The van der Waals surface area contributed by atoms with Gasteiger partial charge in [-0.05, 0) is 67.6 Å². The summed E-state index contributed by atoms with van der Waals surface area (Å²) in [4.78, 5) is 12.2. The lowest BCUT2D eigenvalue weighted by molar-refractivity contribution is -0.120. The molecule has 1 unspecified atom stereocenters. The van der Waals surface area contributed by atoms with Gasteiger partial charge in [-0.15, -0.1) is 0 Å². The summed E-state index contributed by atoms with van der Waals surface area (Å²) in [5.41, 5.74) is 3.00. The van der Waals surface area contributed by atoms with E-state index in [9.17, 15) is 4.79 Å². The van der Waals surface area contributed by atoms with E-state index in [-0.39, 0.29) is 5.92 Å². The van der Waals surface area contributed by atoms with Gasteiger partial charge in [-0.3, -0.25) is 4.79 Å². The van der Waals surface area contributed by atoms with E-state index in [0.717, 1.165) is 28.9 Å². The number of ketones is 1. The molecule has 0 aliphatic heterocycles. The lowest BCUT2D eigenvalue weighted by atomic mass is 9.93. The molecule has 25 heavy (non-hydrogen) atoms. The summed E-state index contributed by atoms with van der Waals surface area (Å²) < 4.78 is 5.43. The van der Waals surface area contributed by atoms with Gasteiger partial charge in [0.15, 0.2) is 0 Å². The topological polar surface area (TPSA) is 26.3 Å². The largest absolute Gasteiger partial charge is 0.494 e. The van der Waals surface area contributed by atoms with Gasteiger partial charge in [0, 0.05) is 23.5 Å². The molecule has 1 atom stereocenters. The number of carbonyl (C=O) groups is 1. The van der Waals surface area contributed by atoms with Crippen molar-refractivity contribution in [2.24, 2.45) is 5.92 Å². The first-order valence-corrected chi connectivity index (χ1v) is 9.03. The maximum Gasteiger partial charge on any atom is 0.140 e. The number of rotatable bonds is 6. The summed E-state index contributed by atoms with van der Waals surface area (Å²) in [7, 11) is 0. The summed E-state index contributed by atoms with van der Waals surface area (Å²) in [5, 5.41) is 0. The molecule has 0 radical (unpaired) electrons. The van der Waals surface area contributed by atoms with Crippen molar-refractivity contribution >= 4 is 5.78 Å². The third-order valence-electron chi connectivity index (χ3n) is 4.60. The SMILES string of the molecule is CCOc1ccc(C#Cc2ccc(C(C)C(=O)CC3CC3)cc2)cc1. The summed E-state index contributed by atoms with van der Waals surface area (Å²) in [5.74, 6) is 8.19. The Labute approximate surface area is 150 Å². The molecule has 0 aromatic heterocycles. The third kappa shape index (κ3) is 4.97. The Balaban J connectivity index is 1.63. The summed E-state index contributed by atoms with van der Waals surface area (Å²) in [6, 6.07) is 15.8. The van der Waals surface area contributed by atoms with Gasteiger partial charge in [0.25, 0.3) is 0 Å².